The first-order valence-electron chi connectivity index (χ1n) is 7.64. The number of nitrogens with zero attached hydrogens (tertiary/aromatic N) is 1. The van der Waals surface area contributed by atoms with E-state index in [1.54, 1.807) is 0 Å². The number of rotatable bonds is 6. The van der Waals surface area contributed by atoms with Crippen molar-refractivity contribution in [1.82, 2.24) is 0 Å². The molecule has 1 amide bonds. The average Bonchev–Trinajstić information content (AvgIpc) is 2.65. The summed E-state index contributed by atoms with van der Waals surface area (Å²) in [5.41, 5.74) is -1.22. The van der Waals surface area contributed by atoms with Gasteiger partial charge >= 0.3 is 12.1 Å². The first-order chi connectivity index (χ1) is 13.2. The lowest BCUT2D eigenvalue weighted by atomic mass is 10.1. The van der Waals surface area contributed by atoms with Crippen LogP contribution in [0.2, 0.25) is 5.02 Å². The minimum absolute atomic E-state index is 0.142. The van der Waals surface area contributed by atoms with Gasteiger partial charge in [-0.15, -0.1) is 0 Å². The van der Waals surface area contributed by atoms with Crippen molar-refractivity contribution in [3.05, 3.63) is 58.6 Å². The third kappa shape index (κ3) is 6.17. The molecule has 6 nitrogen and oxygen atoms in total. The second-order valence-corrected chi connectivity index (χ2v) is 5.76. The predicted octanol–water partition coefficient (Wildman–Crippen LogP) is 3.79. The number of carbonyl (C=O) groups excluding carboxylic acids is 2. The SMILES string of the molecule is N#Cc1ccc(OCC(=O)OCC(=O)Nc2ccc(Cl)cc2C(F)(F)F)cc1. The van der Waals surface area contributed by atoms with Crippen molar-refractivity contribution in [2.45, 2.75) is 6.18 Å². The molecule has 28 heavy (non-hydrogen) atoms. The first kappa shape index (κ1) is 21.1. The molecule has 0 radical (unpaired) electrons. The molecule has 0 bridgehead atoms. The van der Waals surface area contributed by atoms with E-state index < -0.39 is 42.5 Å². The molecule has 0 aliphatic heterocycles. The molecule has 0 aliphatic rings. The number of hydrogen-bond donors (Lipinski definition) is 1. The van der Waals surface area contributed by atoms with Gasteiger partial charge in [-0.2, -0.15) is 18.4 Å². The number of halogens is 4. The van der Waals surface area contributed by atoms with Crippen molar-refractivity contribution in [3.8, 4) is 11.8 Å². The van der Waals surface area contributed by atoms with Crippen molar-refractivity contribution in [2.24, 2.45) is 0 Å². The van der Waals surface area contributed by atoms with Crippen LogP contribution in [0.15, 0.2) is 42.5 Å². The molecule has 0 heterocycles. The lowest BCUT2D eigenvalue weighted by Gasteiger charge is -2.14. The zero-order chi connectivity index (χ0) is 20.7. The summed E-state index contributed by atoms with van der Waals surface area (Å²) in [6.45, 7) is -1.32. The Balaban J connectivity index is 1.85. The highest BCUT2D eigenvalue weighted by molar-refractivity contribution is 6.30. The maximum Gasteiger partial charge on any atom is 0.418 e. The molecule has 0 aromatic heterocycles. The minimum Gasteiger partial charge on any atom is -0.482 e. The number of alkyl halides is 3. The van der Waals surface area contributed by atoms with Gasteiger partial charge in [-0.05, 0) is 42.5 Å². The Labute approximate surface area is 162 Å². The zero-order valence-electron chi connectivity index (χ0n) is 14.0. The van der Waals surface area contributed by atoms with Gasteiger partial charge in [0.2, 0.25) is 0 Å². The van der Waals surface area contributed by atoms with Gasteiger partial charge < -0.3 is 14.8 Å². The van der Waals surface area contributed by atoms with Gasteiger partial charge in [0, 0.05) is 5.02 Å². The summed E-state index contributed by atoms with van der Waals surface area (Å²) in [5.74, 6) is -1.55. The van der Waals surface area contributed by atoms with Crippen LogP contribution in [0.25, 0.3) is 0 Å². The molecular weight excluding hydrogens is 401 g/mol. The van der Waals surface area contributed by atoms with E-state index in [1.165, 1.54) is 30.3 Å². The van der Waals surface area contributed by atoms with E-state index in [0.717, 1.165) is 6.07 Å². The molecule has 0 aliphatic carbocycles. The molecule has 0 saturated carbocycles. The molecule has 2 aromatic rings. The number of nitrogens with one attached hydrogen (secondary N) is 1. The van der Waals surface area contributed by atoms with Gasteiger partial charge in [0.1, 0.15) is 5.75 Å². The number of ether oxygens (including phenoxy) is 2. The number of nitriles is 1. The van der Waals surface area contributed by atoms with Gasteiger partial charge in [0.15, 0.2) is 13.2 Å². The fourth-order valence-corrected chi connectivity index (χ4v) is 2.17. The third-order valence-corrected chi connectivity index (χ3v) is 3.50. The molecule has 0 atom stereocenters. The highest BCUT2D eigenvalue weighted by Crippen LogP contribution is 2.36. The Morgan fingerprint density at radius 2 is 1.79 bits per heavy atom. The van der Waals surface area contributed by atoms with Gasteiger partial charge in [-0.25, -0.2) is 4.79 Å². The summed E-state index contributed by atoms with van der Waals surface area (Å²) in [6.07, 6.45) is -4.72. The summed E-state index contributed by atoms with van der Waals surface area (Å²) >= 11 is 5.55. The molecule has 0 unspecified atom stereocenters. The molecule has 0 saturated heterocycles. The van der Waals surface area contributed by atoms with E-state index >= 15 is 0 Å². The largest absolute Gasteiger partial charge is 0.482 e. The van der Waals surface area contributed by atoms with Crippen LogP contribution in [0.4, 0.5) is 18.9 Å². The Hall–Kier alpha value is -3.25. The normalized spacial score (nSPS) is 10.7. The number of anilines is 1. The quantitative estimate of drug-likeness (QED) is 0.729. The Morgan fingerprint density at radius 3 is 2.39 bits per heavy atom. The molecule has 146 valence electrons. The van der Waals surface area contributed by atoms with E-state index in [0.29, 0.717) is 17.4 Å². The number of hydrogen-bond acceptors (Lipinski definition) is 5. The maximum absolute atomic E-state index is 13.0. The van der Waals surface area contributed by atoms with Crippen LogP contribution in [0.3, 0.4) is 0 Å². The molecule has 1 N–H and O–H groups in total. The third-order valence-electron chi connectivity index (χ3n) is 3.27. The lowest BCUT2D eigenvalue weighted by molar-refractivity contribution is -0.149. The number of amides is 1. The lowest BCUT2D eigenvalue weighted by Crippen LogP contribution is -2.24. The molecular formula is C18H12ClF3N2O4. The fraction of sp³-hybridized carbons (Fsp3) is 0.167. The molecule has 10 heteroatoms. The highest BCUT2D eigenvalue weighted by atomic mass is 35.5. The summed E-state index contributed by atoms with van der Waals surface area (Å²) in [7, 11) is 0. The van der Waals surface area contributed by atoms with E-state index in [1.807, 2.05) is 11.4 Å². The Morgan fingerprint density at radius 1 is 1.11 bits per heavy atom. The summed E-state index contributed by atoms with van der Waals surface area (Å²) in [4.78, 5) is 23.4. The van der Waals surface area contributed by atoms with Crippen LogP contribution < -0.4 is 10.1 Å². The molecule has 0 spiro atoms. The zero-order valence-corrected chi connectivity index (χ0v) is 14.8. The summed E-state index contributed by atoms with van der Waals surface area (Å²) < 4.78 is 48.7. The van der Waals surface area contributed by atoms with Gasteiger partial charge in [0.05, 0.1) is 22.9 Å². The highest BCUT2D eigenvalue weighted by Gasteiger charge is 2.34. The molecule has 2 rings (SSSR count). The van der Waals surface area contributed by atoms with Crippen molar-refractivity contribution < 1.29 is 32.2 Å². The predicted molar refractivity (Wildman–Crippen MR) is 92.7 cm³/mol. The average molecular weight is 413 g/mol. The fourth-order valence-electron chi connectivity index (χ4n) is 2.00. The van der Waals surface area contributed by atoms with Crippen molar-refractivity contribution in [2.75, 3.05) is 18.5 Å². The Bertz CT molecular complexity index is 909. The van der Waals surface area contributed by atoms with Gasteiger partial charge in [0.25, 0.3) is 5.91 Å². The van der Waals surface area contributed by atoms with E-state index in [4.69, 9.17) is 21.6 Å². The van der Waals surface area contributed by atoms with Gasteiger partial charge in [-0.3, -0.25) is 4.79 Å². The van der Waals surface area contributed by atoms with Crippen LogP contribution in [0, 0.1) is 11.3 Å². The van der Waals surface area contributed by atoms with Crippen LogP contribution >= 0.6 is 11.6 Å². The van der Waals surface area contributed by atoms with E-state index in [-0.39, 0.29) is 5.02 Å². The molecule has 2 aromatic carbocycles. The first-order valence-corrected chi connectivity index (χ1v) is 8.02. The van der Waals surface area contributed by atoms with Crippen LogP contribution in [-0.4, -0.2) is 25.1 Å². The Kier molecular flexibility index (Phi) is 6.84. The van der Waals surface area contributed by atoms with Gasteiger partial charge in [-0.1, -0.05) is 11.6 Å². The smallest absolute Gasteiger partial charge is 0.418 e. The van der Waals surface area contributed by atoms with Crippen LogP contribution in [0.1, 0.15) is 11.1 Å². The number of benzene rings is 2. The number of esters is 1. The monoisotopic (exact) mass is 412 g/mol. The van der Waals surface area contributed by atoms with Crippen molar-refractivity contribution >= 4 is 29.2 Å². The van der Waals surface area contributed by atoms with Crippen LogP contribution in [-0.2, 0) is 20.5 Å². The van der Waals surface area contributed by atoms with Crippen molar-refractivity contribution in [1.29, 1.82) is 5.26 Å². The van der Waals surface area contributed by atoms with Crippen LogP contribution in [0.5, 0.6) is 5.75 Å². The molecule has 0 fully saturated rings. The summed E-state index contributed by atoms with van der Waals surface area (Å²) in [6, 6.07) is 10.7. The maximum atomic E-state index is 13.0. The second kappa shape index (κ2) is 9.10. The summed E-state index contributed by atoms with van der Waals surface area (Å²) in [5, 5.41) is 10.6. The standard InChI is InChI=1S/C18H12ClF3N2O4/c19-12-3-6-15(14(7-12)18(20,21)22)24-16(25)9-28-17(26)10-27-13-4-1-11(8-23)2-5-13/h1-7H,9-10H2,(H,24,25). The van der Waals surface area contributed by atoms with E-state index in [9.17, 15) is 22.8 Å². The van der Waals surface area contributed by atoms with E-state index in [2.05, 4.69) is 4.74 Å². The second-order valence-electron chi connectivity index (χ2n) is 5.32. The number of carbonyl (C=O) groups is 2. The van der Waals surface area contributed by atoms with Crippen molar-refractivity contribution in [3.63, 3.8) is 0 Å². The minimum atomic E-state index is -4.72. The topological polar surface area (TPSA) is 88.4 Å².